The molecule has 2 N–H and O–H groups in total. The monoisotopic (exact) mass is 190 g/mol. The van der Waals surface area contributed by atoms with Crippen molar-refractivity contribution >= 4 is 0 Å². The molecule has 0 saturated heterocycles. The third-order valence-electron chi connectivity index (χ3n) is 3.41. The number of pyridine rings is 1. The zero-order valence-electron chi connectivity index (χ0n) is 8.79. The van der Waals surface area contributed by atoms with Crippen LogP contribution >= 0.6 is 0 Å². The molecule has 2 nitrogen and oxygen atoms in total. The number of hydrogen-bond donors (Lipinski definition) is 1. The Bertz CT molecular complexity index is 314. The number of rotatable bonds is 2. The van der Waals surface area contributed by atoms with E-state index in [4.69, 9.17) is 5.73 Å². The lowest BCUT2D eigenvalue weighted by Crippen LogP contribution is -2.33. The molecule has 0 radical (unpaired) electrons. The SMILES string of the molecule is Cc1ccnc(C2(CN)CCCC2)c1. The van der Waals surface area contributed by atoms with Gasteiger partial charge in [0.2, 0.25) is 0 Å². The van der Waals surface area contributed by atoms with Crippen molar-refractivity contribution in [1.82, 2.24) is 4.98 Å². The van der Waals surface area contributed by atoms with E-state index in [1.165, 1.54) is 36.9 Å². The second-order valence-corrected chi connectivity index (χ2v) is 4.41. The fraction of sp³-hybridized carbons (Fsp3) is 0.583. The third kappa shape index (κ3) is 1.55. The number of hydrogen-bond acceptors (Lipinski definition) is 2. The van der Waals surface area contributed by atoms with E-state index >= 15 is 0 Å². The molecule has 1 aromatic heterocycles. The van der Waals surface area contributed by atoms with E-state index in [2.05, 4.69) is 18.0 Å². The van der Waals surface area contributed by atoms with Crippen molar-refractivity contribution in [1.29, 1.82) is 0 Å². The summed E-state index contributed by atoms with van der Waals surface area (Å²) in [5.74, 6) is 0. The quantitative estimate of drug-likeness (QED) is 0.776. The second kappa shape index (κ2) is 3.70. The van der Waals surface area contributed by atoms with Crippen LogP contribution in [0.2, 0.25) is 0 Å². The molecular weight excluding hydrogens is 172 g/mol. The minimum Gasteiger partial charge on any atom is -0.330 e. The molecule has 2 heteroatoms. The molecule has 1 aromatic rings. The highest BCUT2D eigenvalue weighted by Crippen LogP contribution is 2.39. The summed E-state index contributed by atoms with van der Waals surface area (Å²) >= 11 is 0. The summed E-state index contributed by atoms with van der Waals surface area (Å²) < 4.78 is 0. The highest BCUT2D eigenvalue weighted by atomic mass is 14.7. The van der Waals surface area contributed by atoms with Gasteiger partial charge in [0, 0.05) is 23.9 Å². The van der Waals surface area contributed by atoms with Gasteiger partial charge in [0.1, 0.15) is 0 Å². The third-order valence-corrected chi connectivity index (χ3v) is 3.41. The number of nitrogens with two attached hydrogens (primary N) is 1. The van der Waals surface area contributed by atoms with Crippen LogP contribution < -0.4 is 5.73 Å². The van der Waals surface area contributed by atoms with Crippen LogP contribution in [-0.4, -0.2) is 11.5 Å². The van der Waals surface area contributed by atoms with Crippen LogP contribution in [0.3, 0.4) is 0 Å². The van der Waals surface area contributed by atoms with Crippen LogP contribution in [0, 0.1) is 6.92 Å². The smallest absolute Gasteiger partial charge is 0.0480 e. The lowest BCUT2D eigenvalue weighted by Gasteiger charge is -2.26. The first-order valence-electron chi connectivity index (χ1n) is 5.40. The van der Waals surface area contributed by atoms with Crippen molar-refractivity contribution in [3.8, 4) is 0 Å². The van der Waals surface area contributed by atoms with E-state index in [0.29, 0.717) is 0 Å². The predicted octanol–water partition coefficient (Wildman–Crippen LogP) is 2.16. The molecule has 0 amide bonds. The minimum absolute atomic E-state index is 0.187. The van der Waals surface area contributed by atoms with Gasteiger partial charge in [-0.2, -0.15) is 0 Å². The summed E-state index contributed by atoms with van der Waals surface area (Å²) in [5.41, 5.74) is 8.59. The van der Waals surface area contributed by atoms with E-state index < -0.39 is 0 Å². The molecule has 0 bridgehead atoms. The maximum Gasteiger partial charge on any atom is 0.0480 e. The van der Waals surface area contributed by atoms with Crippen molar-refractivity contribution in [3.63, 3.8) is 0 Å². The molecule has 0 aromatic carbocycles. The van der Waals surface area contributed by atoms with Crippen LogP contribution in [0.25, 0.3) is 0 Å². The zero-order valence-corrected chi connectivity index (χ0v) is 8.79. The predicted molar refractivity (Wildman–Crippen MR) is 58.2 cm³/mol. The summed E-state index contributed by atoms with van der Waals surface area (Å²) in [5, 5.41) is 0. The molecular formula is C12H18N2. The normalized spacial score (nSPS) is 19.9. The molecule has 76 valence electrons. The first-order chi connectivity index (χ1) is 6.77. The Morgan fingerprint density at radius 2 is 2.14 bits per heavy atom. The summed E-state index contributed by atoms with van der Waals surface area (Å²) in [6.07, 6.45) is 6.92. The fourth-order valence-electron chi connectivity index (χ4n) is 2.44. The number of nitrogens with zero attached hydrogens (tertiary/aromatic N) is 1. The van der Waals surface area contributed by atoms with Gasteiger partial charge in [0.05, 0.1) is 0 Å². The average Bonchev–Trinajstić information content (AvgIpc) is 2.67. The Balaban J connectivity index is 2.35. The van der Waals surface area contributed by atoms with E-state index in [-0.39, 0.29) is 5.41 Å². The Morgan fingerprint density at radius 1 is 1.43 bits per heavy atom. The average molecular weight is 190 g/mol. The van der Waals surface area contributed by atoms with Gasteiger partial charge < -0.3 is 5.73 Å². The van der Waals surface area contributed by atoms with Crippen molar-refractivity contribution < 1.29 is 0 Å². The molecule has 0 atom stereocenters. The maximum atomic E-state index is 5.91. The Labute approximate surface area is 85.5 Å². The summed E-state index contributed by atoms with van der Waals surface area (Å²) in [7, 11) is 0. The van der Waals surface area contributed by atoms with Crippen LogP contribution in [0.4, 0.5) is 0 Å². The van der Waals surface area contributed by atoms with Crippen LogP contribution in [0.5, 0.6) is 0 Å². The van der Waals surface area contributed by atoms with Crippen LogP contribution in [-0.2, 0) is 5.41 Å². The summed E-state index contributed by atoms with van der Waals surface area (Å²) in [4.78, 5) is 4.48. The minimum atomic E-state index is 0.187. The highest BCUT2D eigenvalue weighted by Gasteiger charge is 2.35. The van der Waals surface area contributed by atoms with Crippen LogP contribution in [0.15, 0.2) is 18.3 Å². The molecule has 0 spiro atoms. The number of aromatic nitrogens is 1. The van der Waals surface area contributed by atoms with Gasteiger partial charge in [-0.05, 0) is 37.5 Å². The Hall–Kier alpha value is -0.890. The van der Waals surface area contributed by atoms with E-state index in [1.807, 2.05) is 12.3 Å². The molecule has 1 saturated carbocycles. The molecule has 1 aliphatic rings. The van der Waals surface area contributed by atoms with Gasteiger partial charge in [0.25, 0.3) is 0 Å². The topological polar surface area (TPSA) is 38.9 Å². The molecule has 1 fully saturated rings. The van der Waals surface area contributed by atoms with E-state index in [9.17, 15) is 0 Å². The lowest BCUT2D eigenvalue weighted by molar-refractivity contribution is 0.439. The van der Waals surface area contributed by atoms with E-state index in [1.54, 1.807) is 0 Å². The van der Waals surface area contributed by atoms with Crippen LogP contribution in [0.1, 0.15) is 36.9 Å². The zero-order chi connectivity index (χ0) is 10.0. The van der Waals surface area contributed by atoms with Gasteiger partial charge in [0.15, 0.2) is 0 Å². The summed E-state index contributed by atoms with van der Waals surface area (Å²) in [6, 6.07) is 4.24. The van der Waals surface area contributed by atoms with Crippen molar-refractivity contribution in [2.24, 2.45) is 5.73 Å². The molecule has 2 rings (SSSR count). The van der Waals surface area contributed by atoms with Gasteiger partial charge >= 0.3 is 0 Å². The maximum absolute atomic E-state index is 5.91. The van der Waals surface area contributed by atoms with Gasteiger partial charge in [-0.1, -0.05) is 12.8 Å². The van der Waals surface area contributed by atoms with Crippen molar-refractivity contribution in [2.75, 3.05) is 6.54 Å². The largest absolute Gasteiger partial charge is 0.330 e. The van der Waals surface area contributed by atoms with Gasteiger partial charge in [-0.25, -0.2) is 0 Å². The van der Waals surface area contributed by atoms with Crippen molar-refractivity contribution in [2.45, 2.75) is 38.0 Å². The molecule has 1 heterocycles. The first kappa shape index (κ1) is 9.66. The molecule has 0 unspecified atom stereocenters. The molecule has 14 heavy (non-hydrogen) atoms. The Morgan fingerprint density at radius 3 is 2.71 bits per heavy atom. The lowest BCUT2D eigenvalue weighted by atomic mass is 9.82. The standard InChI is InChI=1S/C12H18N2/c1-10-4-7-14-11(8-10)12(9-13)5-2-3-6-12/h4,7-8H,2-3,5-6,9,13H2,1H3. The second-order valence-electron chi connectivity index (χ2n) is 4.41. The summed E-state index contributed by atoms with van der Waals surface area (Å²) in [6.45, 7) is 2.85. The fourth-order valence-corrected chi connectivity index (χ4v) is 2.44. The van der Waals surface area contributed by atoms with Gasteiger partial charge in [-0.15, -0.1) is 0 Å². The van der Waals surface area contributed by atoms with Crippen molar-refractivity contribution in [3.05, 3.63) is 29.6 Å². The Kier molecular flexibility index (Phi) is 2.55. The molecule has 1 aliphatic carbocycles. The number of aryl methyl sites for hydroxylation is 1. The highest BCUT2D eigenvalue weighted by molar-refractivity contribution is 5.24. The molecule has 0 aliphatic heterocycles. The van der Waals surface area contributed by atoms with Gasteiger partial charge in [-0.3, -0.25) is 4.98 Å². The first-order valence-corrected chi connectivity index (χ1v) is 5.40. The van der Waals surface area contributed by atoms with E-state index in [0.717, 1.165) is 6.54 Å².